The van der Waals surface area contributed by atoms with Gasteiger partial charge in [-0.1, -0.05) is 35.3 Å². The standard InChI is InChI=1S/C19H17Cl2N3O3S2/c1-11-17(12-4-7-14(20)8-5-12)22-19(28-11)23-18(25)13-6-9-15(21)16(10-13)29(26,27)24(2)3/h4-10H,1-3H3,(H,22,23,25). The van der Waals surface area contributed by atoms with E-state index in [1.165, 1.54) is 43.6 Å². The second-order valence-corrected chi connectivity index (χ2v) is 10.5. The highest BCUT2D eigenvalue weighted by Crippen LogP contribution is 2.31. The number of sulfonamides is 1. The van der Waals surface area contributed by atoms with Crippen LogP contribution in [0.25, 0.3) is 11.3 Å². The zero-order chi connectivity index (χ0) is 21.3. The van der Waals surface area contributed by atoms with Crippen LogP contribution in [0.3, 0.4) is 0 Å². The number of hydrogen-bond donors (Lipinski definition) is 1. The van der Waals surface area contributed by atoms with Crippen LogP contribution >= 0.6 is 34.5 Å². The molecule has 10 heteroatoms. The molecule has 1 N–H and O–H groups in total. The highest BCUT2D eigenvalue weighted by molar-refractivity contribution is 7.89. The fourth-order valence-electron chi connectivity index (χ4n) is 2.53. The highest BCUT2D eigenvalue weighted by Gasteiger charge is 2.23. The van der Waals surface area contributed by atoms with Gasteiger partial charge in [0, 0.05) is 35.1 Å². The first-order valence-electron chi connectivity index (χ1n) is 8.36. The molecule has 0 bridgehead atoms. The first kappa shape index (κ1) is 21.7. The van der Waals surface area contributed by atoms with E-state index in [0.29, 0.717) is 10.2 Å². The van der Waals surface area contributed by atoms with E-state index in [0.717, 1.165) is 20.4 Å². The number of carbonyl (C=O) groups excluding carboxylic acids is 1. The predicted octanol–water partition coefficient (Wildman–Crippen LogP) is 4.93. The minimum atomic E-state index is -3.78. The number of nitrogens with one attached hydrogen (secondary N) is 1. The maximum atomic E-state index is 12.7. The van der Waals surface area contributed by atoms with Crippen molar-refractivity contribution >= 4 is 55.6 Å². The molecule has 0 aliphatic heterocycles. The van der Waals surface area contributed by atoms with Crippen molar-refractivity contribution in [2.75, 3.05) is 19.4 Å². The third-order valence-electron chi connectivity index (χ3n) is 4.09. The molecule has 0 radical (unpaired) electrons. The van der Waals surface area contributed by atoms with Gasteiger partial charge in [-0.05, 0) is 37.3 Å². The lowest BCUT2D eigenvalue weighted by Gasteiger charge is -2.13. The van der Waals surface area contributed by atoms with Crippen molar-refractivity contribution in [3.63, 3.8) is 0 Å². The maximum Gasteiger partial charge on any atom is 0.257 e. The minimum Gasteiger partial charge on any atom is -0.298 e. The molecular formula is C19H17Cl2N3O3S2. The molecular weight excluding hydrogens is 453 g/mol. The van der Waals surface area contributed by atoms with Crippen LogP contribution in [-0.2, 0) is 10.0 Å². The van der Waals surface area contributed by atoms with Crippen LogP contribution in [0.1, 0.15) is 15.2 Å². The Bertz CT molecular complexity index is 1170. The molecule has 2 aromatic carbocycles. The van der Waals surface area contributed by atoms with Gasteiger partial charge in [-0.25, -0.2) is 17.7 Å². The largest absolute Gasteiger partial charge is 0.298 e. The van der Waals surface area contributed by atoms with E-state index in [1.807, 2.05) is 19.1 Å². The van der Waals surface area contributed by atoms with Crippen LogP contribution in [0.15, 0.2) is 47.4 Å². The summed E-state index contributed by atoms with van der Waals surface area (Å²) in [5, 5.41) is 3.80. The summed E-state index contributed by atoms with van der Waals surface area (Å²) in [6.07, 6.45) is 0. The number of carbonyl (C=O) groups is 1. The third kappa shape index (κ3) is 4.62. The molecule has 1 amide bonds. The molecule has 0 spiro atoms. The Kier molecular flexibility index (Phi) is 6.30. The number of amides is 1. The quantitative estimate of drug-likeness (QED) is 0.574. The normalized spacial score (nSPS) is 11.7. The lowest BCUT2D eigenvalue weighted by molar-refractivity contribution is 0.102. The van der Waals surface area contributed by atoms with Gasteiger partial charge in [0.2, 0.25) is 10.0 Å². The number of hydrogen-bond acceptors (Lipinski definition) is 5. The van der Waals surface area contributed by atoms with E-state index < -0.39 is 15.9 Å². The Morgan fingerprint density at radius 3 is 2.38 bits per heavy atom. The van der Waals surface area contributed by atoms with Gasteiger partial charge in [-0.2, -0.15) is 0 Å². The van der Waals surface area contributed by atoms with Crippen molar-refractivity contribution in [3.05, 3.63) is 63.0 Å². The van der Waals surface area contributed by atoms with Crippen molar-refractivity contribution in [1.29, 1.82) is 0 Å². The van der Waals surface area contributed by atoms with Gasteiger partial charge in [-0.15, -0.1) is 11.3 Å². The second-order valence-electron chi connectivity index (χ2n) is 6.32. The highest BCUT2D eigenvalue weighted by atomic mass is 35.5. The molecule has 0 aliphatic carbocycles. The summed E-state index contributed by atoms with van der Waals surface area (Å²) in [5.74, 6) is -0.478. The van der Waals surface area contributed by atoms with Gasteiger partial charge in [-0.3, -0.25) is 10.1 Å². The smallest absolute Gasteiger partial charge is 0.257 e. The summed E-state index contributed by atoms with van der Waals surface area (Å²) in [5.41, 5.74) is 1.79. The van der Waals surface area contributed by atoms with Gasteiger partial charge < -0.3 is 0 Å². The Balaban J connectivity index is 1.88. The SMILES string of the molecule is Cc1sc(NC(=O)c2ccc(Cl)c(S(=O)(=O)N(C)C)c2)nc1-c1ccc(Cl)cc1. The number of thiazole rings is 1. The lowest BCUT2D eigenvalue weighted by Crippen LogP contribution is -2.23. The van der Waals surface area contributed by atoms with E-state index in [9.17, 15) is 13.2 Å². The second kappa shape index (κ2) is 8.41. The van der Waals surface area contributed by atoms with E-state index >= 15 is 0 Å². The summed E-state index contributed by atoms with van der Waals surface area (Å²) in [6.45, 7) is 1.90. The van der Waals surface area contributed by atoms with E-state index in [2.05, 4.69) is 10.3 Å². The van der Waals surface area contributed by atoms with Crippen LogP contribution in [0.2, 0.25) is 10.0 Å². The van der Waals surface area contributed by atoms with Crippen LogP contribution < -0.4 is 5.32 Å². The summed E-state index contributed by atoms with van der Waals surface area (Å²) in [4.78, 5) is 17.9. The molecule has 6 nitrogen and oxygen atoms in total. The zero-order valence-corrected chi connectivity index (χ0v) is 18.9. The number of rotatable bonds is 5. The summed E-state index contributed by atoms with van der Waals surface area (Å²) >= 11 is 13.3. The first-order valence-corrected chi connectivity index (χ1v) is 11.4. The third-order valence-corrected chi connectivity index (χ3v) is 7.52. The number of nitrogens with zero attached hydrogens (tertiary/aromatic N) is 2. The zero-order valence-electron chi connectivity index (χ0n) is 15.7. The molecule has 0 atom stereocenters. The molecule has 1 aromatic heterocycles. The number of aryl methyl sites for hydroxylation is 1. The number of benzene rings is 2. The minimum absolute atomic E-state index is 0.0466. The van der Waals surface area contributed by atoms with Gasteiger partial charge in [0.25, 0.3) is 5.91 Å². The number of halogens is 2. The molecule has 0 saturated carbocycles. The van der Waals surface area contributed by atoms with E-state index in [-0.39, 0.29) is 15.5 Å². The van der Waals surface area contributed by atoms with Gasteiger partial charge in [0.05, 0.1) is 10.7 Å². The molecule has 152 valence electrons. The Hall–Kier alpha value is -1.97. The van der Waals surface area contributed by atoms with Crippen LogP contribution in [0.4, 0.5) is 5.13 Å². The van der Waals surface area contributed by atoms with Crippen LogP contribution in [-0.4, -0.2) is 37.7 Å². The monoisotopic (exact) mass is 469 g/mol. The molecule has 0 aliphatic rings. The van der Waals surface area contributed by atoms with Gasteiger partial charge in [0.1, 0.15) is 4.90 Å². The molecule has 0 unspecified atom stereocenters. The fraction of sp³-hybridized carbons (Fsp3) is 0.158. The van der Waals surface area contributed by atoms with E-state index in [1.54, 1.807) is 12.1 Å². The average Bonchev–Trinajstić information content (AvgIpc) is 3.02. The van der Waals surface area contributed by atoms with Crippen molar-refractivity contribution in [2.24, 2.45) is 0 Å². The average molecular weight is 470 g/mol. The topological polar surface area (TPSA) is 79.4 Å². The van der Waals surface area contributed by atoms with Gasteiger partial charge in [0.15, 0.2) is 5.13 Å². The van der Waals surface area contributed by atoms with Crippen molar-refractivity contribution < 1.29 is 13.2 Å². The molecule has 29 heavy (non-hydrogen) atoms. The van der Waals surface area contributed by atoms with Crippen LogP contribution in [0, 0.1) is 6.92 Å². The predicted molar refractivity (Wildman–Crippen MR) is 118 cm³/mol. The molecule has 0 fully saturated rings. The Morgan fingerprint density at radius 1 is 1.10 bits per heavy atom. The summed E-state index contributed by atoms with van der Waals surface area (Å²) in [7, 11) is -0.985. The maximum absolute atomic E-state index is 12.7. The first-order chi connectivity index (χ1) is 13.6. The van der Waals surface area contributed by atoms with Crippen LogP contribution in [0.5, 0.6) is 0 Å². The van der Waals surface area contributed by atoms with E-state index in [4.69, 9.17) is 23.2 Å². The fourth-order valence-corrected chi connectivity index (χ4v) is 4.88. The van der Waals surface area contributed by atoms with Crippen molar-refractivity contribution in [3.8, 4) is 11.3 Å². The molecule has 1 heterocycles. The number of aromatic nitrogens is 1. The molecule has 3 aromatic rings. The Morgan fingerprint density at radius 2 is 1.76 bits per heavy atom. The number of anilines is 1. The lowest BCUT2D eigenvalue weighted by atomic mass is 10.1. The molecule has 0 saturated heterocycles. The summed E-state index contributed by atoms with van der Waals surface area (Å²) in [6, 6.07) is 11.4. The van der Waals surface area contributed by atoms with Crippen molar-refractivity contribution in [1.82, 2.24) is 9.29 Å². The summed E-state index contributed by atoms with van der Waals surface area (Å²) < 4.78 is 25.8. The Labute approximate surface area is 183 Å². The van der Waals surface area contributed by atoms with Gasteiger partial charge >= 0.3 is 0 Å². The molecule has 3 rings (SSSR count). The van der Waals surface area contributed by atoms with Crippen molar-refractivity contribution in [2.45, 2.75) is 11.8 Å².